The number of pyridine rings is 1. The molecule has 0 aliphatic carbocycles. The zero-order chi connectivity index (χ0) is 15.1. The normalized spacial score (nSPS) is 10.8. The number of hydrogen-bond acceptors (Lipinski definition) is 4. The van der Waals surface area contributed by atoms with Gasteiger partial charge in [0.2, 0.25) is 6.41 Å². The fraction of sp³-hybridized carbons (Fsp3) is 0.500. The number of carbonyl (C=O) groups is 1. The van der Waals surface area contributed by atoms with Crippen LogP contribution in [0.3, 0.4) is 0 Å². The Hall–Kier alpha value is -1.62. The second-order valence-corrected chi connectivity index (χ2v) is 4.67. The molecule has 0 aromatic carbocycles. The first-order valence-corrected chi connectivity index (χ1v) is 7.12. The van der Waals surface area contributed by atoms with E-state index < -0.39 is 0 Å². The van der Waals surface area contributed by atoms with Crippen molar-refractivity contribution in [2.24, 2.45) is 4.99 Å². The van der Waals surface area contributed by atoms with Crippen molar-refractivity contribution >= 4 is 35.9 Å². The first kappa shape index (κ1) is 16.4. The van der Waals surface area contributed by atoms with Crippen LogP contribution in [-0.4, -0.2) is 42.3 Å². The Morgan fingerprint density at radius 2 is 1.95 bits per heavy atom. The number of carbonyl (C=O) groups excluding carboxylic acids is 1. The summed E-state index contributed by atoms with van der Waals surface area (Å²) < 4.78 is 0. The maximum absolute atomic E-state index is 10.8. The number of hydrogen-bond donors (Lipinski definition) is 0. The van der Waals surface area contributed by atoms with E-state index in [0.29, 0.717) is 11.7 Å². The van der Waals surface area contributed by atoms with Gasteiger partial charge in [-0.05, 0) is 39.3 Å². The van der Waals surface area contributed by atoms with Gasteiger partial charge in [-0.3, -0.25) is 4.79 Å². The molecule has 0 unspecified atom stereocenters. The molecule has 1 heterocycles. The van der Waals surface area contributed by atoms with Gasteiger partial charge >= 0.3 is 0 Å². The molecule has 0 saturated carbocycles. The number of anilines is 1. The lowest BCUT2D eigenvalue weighted by molar-refractivity contribution is -0.114. The van der Waals surface area contributed by atoms with Crippen molar-refractivity contribution in [2.45, 2.75) is 27.7 Å². The summed E-state index contributed by atoms with van der Waals surface area (Å²) in [5, 5.41) is 0.450. The van der Waals surface area contributed by atoms with Crippen molar-refractivity contribution in [3.8, 4) is 0 Å². The first-order valence-electron chi connectivity index (χ1n) is 6.74. The molecule has 1 aromatic heterocycles. The Balaban J connectivity index is 3.25. The van der Waals surface area contributed by atoms with Gasteiger partial charge in [-0.15, -0.1) is 0 Å². The van der Waals surface area contributed by atoms with E-state index in [2.05, 4.69) is 28.7 Å². The van der Waals surface area contributed by atoms with Crippen molar-refractivity contribution in [3.05, 3.63) is 16.8 Å². The molecule has 5 nitrogen and oxygen atoms in total. The number of aliphatic imine (C=N–C) groups is 1. The van der Waals surface area contributed by atoms with Gasteiger partial charge in [0.1, 0.15) is 10.8 Å². The maximum Gasteiger partial charge on any atom is 0.214 e. The third kappa shape index (κ3) is 3.93. The van der Waals surface area contributed by atoms with Crippen molar-refractivity contribution < 1.29 is 4.79 Å². The van der Waals surface area contributed by atoms with Gasteiger partial charge in [0.05, 0.1) is 6.34 Å². The van der Waals surface area contributed by atoms with Gasteiger partial charge < -0.3 is 9.80 Å². The summed E-state index contributed by atoms with van der Waals surface area (Å²) in [5.41, 5.74) is 1.68. The van der Waals surface area contributed by atoms with E-state index in [4.69, 9.17) is 11.6 Å². The summed E-state index contributed by atoms with van der Waals surface area (Å²) in [6.07, 6.45) is 2.27. The van der Waals surface area contributed by atoms with Crippen LogP contribution in [0.5, 0.6) is 0 Å². The summed E-state index contributed by atoms with van der Waals surface area (Å²) in [5.74, 6) is 0.748. The number of nitrogens with zero attached hydrogens (tertiary/aromatic N) is 4. The number of aryl methyl sites for hydroxylation is 1. The predicted octanol–water partition coefficient (Wildman–Crippen LogP) is 3.03. The Kier molecular flexibility index (Phi) is 6.45. The largest absolute Gasteiger partial charge is 0.355 e. The lowest BCUT2D eigenvalue weighted by Crippen LogP contribution is -2.23. The van der Waals surface area contributed by atoms with E-state index in [1.54, 1.807) is 6.07 Å². The van der Waals surface area contributed by atoms with Crippen molar-refractivity contribution in [2.75, 3.05) is 24.5 Å². The molecule has 0 fully saturated rings. The van der Waals surface area contributed by atoms with Crippen LogP contribution in [0.4, 0.5) is 11.5 Å². The zero-order valence-electron chi connectivity index (χ0n) is 12.4. The van der Waals surface area contributed by atoms with Gasteiger partial charge in [-0.1, -0.05) is 11.6 Å². The summed E-state index contributed by atoms with van der Waals surface area (Å²) in [6.45, 7) is 10.1. The molecule has 0 bridgehead atoms. The highest BCUT2D eigenvalue weighted by atomic mass is 35.5. The summed E-state index contributed by atoms with van der Waals surface area (Å²) in [6, 6.07) is 1.78. The lowest BCUT2D eigenvalue weighted by Gasteiger charge is -2.22. The average Bonchev–Trinajstić information content (AvgIpc) is 2.43. The van der Waals surface area contributed by atoms with Gasteiger partial charge in [0.15, 0.2) is 5.82 Å². The second kappa shape index (κ2) is 7.85. The fourth-order valence-corrected chi connectivity index (χ4v) is 2.07. The van der Waals surface area contributed by atoms with E-state index in [1.807, 2.05) is 13.8 Å². The highest BCUT2D eigenvalue weighted by Gasteiger charge is 2.13. The molecule has 0 atom stereocenters. The highest BCUT2D eigenvalue weighted by molar-refractivity contribution is 6.29. The lowest BCUT2D eigenvalue weighted by atomic mass is 10.2. The average molecular weight is 297 g/mol. The molecule has 0 spiro atoms. The zero-order valence-corrected chi connectivity index (χ0v) is 13.2. The van der Waals surface area contributed by atoms with Crippen molar-refractivity contribution in [3.63, 3.8) is 0 Å². The molecular weight excluding hydrogens is 276 g/mol. The van der Waals surface area contributed by atoms with Crippen LogP contribution in [0.1, 0.15) is 26.3 Å². The molecule has 1 aromatic rings. The molecule has 0 aliphatic heterocycles. The highest BCUT2D eigenvalue weighted by Crippen LogP contribution is 2.32. The molecule has 1 amide bonds. The minimum atomic E-state index is 0.450. The molecule has 1 rings (SSSR count). The predicted molar refractivity (Wildman–Crippen MR) is 84.1 cm³/mol. The number of aromatic nitrogens is 1. The Bertz CT molecular complexity index is 486. The van der Waals surface area contributed by atoms with Crippen molar-refractivity contribution in [1.82, 2.24) is 9.88 Å². The minimum Gasteiger partial charge on any atom is -0.355 e. The van der Waals surface area contributed by atoms with Gasteiger partial charge in [0.25, 0.3) is 0 Å². The Labute approximate surface area is 125 Å². The van der Waals surface area contributed by atoms with Crippen molar-refractivity contribution in [1.29, 1.82) is 0 Å². The van der Waals surface area contributed by atoms with E-state index >= 15 is 0 Å². The fourth-order valence-electron chi connectivity index (χ4n) is 1.83. The van der Waals surface area contributed by atoms with Gasteiger partial charge in [0, 0.05) is 19.6 Å². The molecular formula is C14H21ClN4O. The standard InChI is InChI=1S/C14H21ClN4O/c1-5-18(10-20)9-16-13-11(4)8-12(15)17-14(13)19(6-2)7-3/h8-10H,5-7H2,1-4H3/b16-9-. The van der Waals surface area contributed by atoms with Crippen LogP contribution in [0.15, 0.2) is 11.1 Å². The van der Waals surface area contributed by atoms with Crippen LogP contribution >= 0.6 is 11.6 Å². The first-order chi connectivity index (χ1) is 9.57. The Morgan fingerprint density at radius 3 is 2.45 bits per heavy atom. The third-order valence-electron chi connectivity index (χ3n) is 3.03. The smallest absolute Gasteiger partial charge is 0.214 e. The van der Waals surface area contributed by atoms with Crippen LogP contribution in [0.2, 0.25) is 5.15 Å². The molecule has 0 aliphatic rings. The van der Waals surface area contributed by atoms with E-state index in [0.717, 1.165) is 36.6 Å². The monoisotopic (exact) mass is 296 g/mol. The minimum absolute atomic E-state index is 0.450. The topological polar surface area (TPSA) is 48.8 Å². The third-order valence-corrected chi connectivity index (χ3v) is 3.23. The van der Waals surface area contributed by atoms with E-state index in [9.17, 15) is 4.79 Å². The maximum atomic E-state index is 10.8. The Morgan fingerprint density at radius 1 is 1.30 bits per heavy atom. The van der Waals surface area contributed by atoms with E-state index in [-0.39, 0.29) is 0 Å². The molecule has 110 valence electrons. The molecule has 0 radical (unpaired) electrons. The molecule has 6 heteroatoms. The molecule has 20 heavy (non-hydrogen) atoms. The van der Waals surface area contributed by atoms with Crippen LogP contribution < -0.4 is 4.90 Å². The van der Waals surface area contributed by atoms with Gasteiger partial charge in [-0.2, -0.15) is 0 Å². The number of amides is 1. The summed E-state index contributed by atoms with van der Waals surface area (Å²) >= 11 is 6.04. The summed E-state index contributed by atoms with van der Waals surface area (Å²) in [7, 11) is 0. The molecule has 0 N–H and O–H groups in total. The SMILES string of the molecule is CCN(C=O)/C=N\c1c(C)cc(Cl)nc1N(CC)CC. The van der Waals surface area contributed by atoms with Crippen LogP contribution in [-0.2, 0) is 4.79 Å². The number of halogens is 1. The van der Waals surface area contributed by atoms with Crippen LogP contribution in [0.25, 0.3) is 0 Å². The summed E-state index contributed by atoms with van der Waals surface area (Å²) in [4.78, 5) is 23.2. The number of rotatable bonds is 7. The van der Waals surface area contributed by atoms with E-state index in [1.165, 1.54) is 11.2 Å². The van der Waals surface area contributed by atoms with Gasteiger partial charge in [-0.25, -0.2) is 9.98 Å². The quantitative estimate of drug-likeness (QED) is 0.336. The second-order valence-electron chi connectivity index (χ2n) is 4.29. The molecule has 0 saturated heterocycles. The van der Waals surface area contributed by atoms with Crippen LogP contribution in [0, 0.1) is 6.92 Å².